The molecule has 1 atom stereocenters. The summed E-state index contributed by atoms with van der Waals surface area (Å²) in [7, 11) is -5.17. The van der Waals surface area contributed by atoms with Crippen LogP contribution in [0.4, 0.5) is 0 Å². The third kappa shape index (κ3) is 26.7. The molecule has 0 heterocycles. The van der Waals surface area contributed by atoms with Crippen molar-refractivity contribution in [2.24, 2.45) is 0 Å². The minimum atomic E-state index is -5.17. The van der Waals surface area contributed by atoms with Crippen LogP contribution in [0.1, 0.15) is 20.0 Å². The summed E-state index contributed by atoms with van der Waals surface area (Å²) >= 11 is 0. The van der Waals surface area contributed by atoms with E-state index in [1.54, 1.807) is 0 Å². The van der Waals surface area contributed by atoms with Gasteiger partial charge in [-0.3, -0.25) is 19.4 Å². The number of carbonyl (C=O) groups excluding carboxylic acids is 1. The average molecular weight is 460 g/mol. The Bertz CT molecular complexity index is 425. The normalized spacial score (nSPS) is 10.5. The third-order valence-corrected chi connectivity index (χ3v) is 1.94. The smallest absolute Gasteiger partial charge is 1.00 e. The third-order valence-electron chi connectivity index (χ3n) is 1.50. The van der Waals surface area contributed by atoms with Crippen LogP contribution in [0.3, 0.4) is 0 Å². The summed E-state index contributed by atoms with van der Waals surface area (Å²) in [6, 6.07) is 0. The molecule has 0 spiro atoms. The number of phosphoric acid groups is 1. The van der Waals surface area contributed by atoms with Crippen LogP contribution in [-0.2, 0) is 23.5 Å². The molecule has 24 heavy (non-hydrogen) atoms. The molecule has 124 valence electrons. The maximum atomic E-state index is 10.8. The number of carbonyl (C=O) groups is 3. The minimum Gasteiger partial charge on any atom is -1.00 e. The van der Waals surface area contributed by atoms with E-state index in [9.17, 15) is 24.1 Å². The fourth-order valence-corrected chi connectivity index (χ4v) is 1.20. The number of hydrogen-bond acceptors (Lipinski definition) is 6. The summed E-state index contributed by atoms with van der Waals surface area (Å²) in [5.41, 5.74) is -2.99. The van der Waals surface area contributed by atoms with E-state index in [2.05, 4.69) is 4.52 Å². The van der Waals surface area contributed by atoms with E-state index in [1.165, 1.54) is 0 Å². The molecule has 0 fully saturated rings. The van der Waals surface area contributed by atoms with E-state index in [0.717, 1.165) is 0 Å². The van der Waals surface area contributed by atoms with E-state index in [-0.39, 0.29) is 210 Å². The topological polar surface area (TPSA) is 242 Å². The van der Waals surface area contributed by atoms with Crippen molar-refractivity contribution in [2.75, 3.05) is 0 Å². The molecule has 0 amide bonds. The van der Waals surface area contributed by atoms with Gasteiger partial charge in [0, 0.05) is 0 Å². The monoisotopic (exact) mass is 460 g/mol. The van der Waals surface area contributed by atoms with E-state index in [1.807, 2.05) is 0 Å². The molecule has 0 saturated heterocycles. The van der Waals surface area contributed by atoms with Crippen LogP contribution in [0, 0.1) is 0 Å². The van der Waals surface area contributed by atoms with Crippen molar-refractivity contribution in [3.8, 4) is 0 Å². The first-order valence-electron chi connectivity index (χ1n) is 3.92. The van der Waals surface area contributed by atoms with Crippen LogP contribution in [0.5, 0.6) is 0 Å². The number of aliphatic carboxylic acids is 2. The van der Waals surface area contributed by atoms with Crippen LogP contribution in [0.15, 0.2) is 0 Å². The summed E-state index contributed by atoms with van der Waals surface area (Å²) in [4.78, 5) is 48.1. The van der Waals surface area contributed by atoms with Gasteiger partial charge in [-0.05, 0) is 0 Å². The maximum Gasteiger partial charge on any atom is 1.00 e. The number of carboxylic acid groups (broad SMARTS) is 2. The fraction of sp³-hybridized carbons (Fsp3) is 0.500. The van der Waals surface area contributed by atoms with Gasteiger partial charge in [0.15, 0.2) is 5.60 Å². The van der Waals surface area contributed by atoms with Gasteiger partial charge in [0.2, 0.25) is 0 Å². The summed E-state index contributed by atoms with van der Waals surface area (Å²) in [6.07, 6.45) is -2.72. The van der Waals surface area contributed by atoms with Gasteiger partial charge in [-0.1, -0.05) is 0 Å². The Morgan fingerprint density at radius 2 is 1.29 bits per heavy atom. The summed E-state index contributed by atoms with van der Waals surface area (Å²) in [5, 5.41) is 26.1. The Balaban J connectivity index is -0.0000000194. The van der Waals surface area contributed by atoms with Crippen molar-refractivity contribution >= 4 is 25.7 Å². The standard InChI is InChI=1S/C6H9O10P.2K.3Na.2H2O.5H/c7-3(8)1-6(12,5(10)11)2-4(9)16-17(13,14)15;;;;;;;;;;;;/h12H,1-2H2,(H,7,8)(H,10,11)(H2,13,14,15);;;;;;2*1H2;;;;;/q;5*+1;;;5*-1. The Morgan fingerprint density at radius 3 is 1.50 bits per heavy atom. The predicted octanol–water partition coefficient (Wildman–Crippen LogP) is -17.8. The molecule has 0 aliphatic rings. The van der Waals surface area contributed by atoms with Gasteiger partial charge in [0.25, 0.3) is 0 Å². The molecule has 9 N–H and O–H groups in total. The van der Waals surface area contributed by atoms with E-state index >= 15 is 0 Å². The summed E-state index contributed by atoms with van der Waals surface area (Å²) < 4.78 is 13.7. The van der Waals surface area contributed by atoms with Gasteiger partial charge in [0.05, 0.1) is 12.8 Å². The second-order valence-electron chi connectivity index (χ2n) is 3.04. The van der Waals surface area contributed by atoms with Crippen LogP contribution in [0.2, 0.25) is 0 Å². The Kier molecular flexibility index (Phi) is 51.4. The molecule has 0 rings (SSSR count). The van der Waals surface area contributed by atoms with Gasteiger partial charge in [-0.2, -0.15) is 0 Å². The quantitative estimate of drug-likeness (QED) is 0.185. The predicted molar refractivity (Wildman–Crippen MR) is 60.4 cm³/mol. The van der Waals surface area contributed by atoms with Gasteiger partial charge in [0.1, 0.15) is 0 Å². The molecule has 0 aromatic rings. The van der Waals surface area contributed by atoms with Crippen molar-refractivity contribution < 1.29 is 258 Å². The number of carboxylic acids is 2. The van der Waals surface area contributed by atoms with Crippen LogP contribution >= 0.6 is 7.82 Å². The maximum absolute atomic E-state index is 10.8. The second-order valence-corrected chi connectivity index (χ2v) is 4.20. The van der Waals surface area contributed by atoms with Crippen molar-refractivity contribution in [2.45, 2.75) is 18.4 Å². The van der Waals surface area contributed by atoms with Crippen molar-refractivity contribution in [3.05, 3.63) is 0 Å². The largest absolute Gasteiger partial charge is 1.00 e. The minimum absolute atomic E-state index is 0. The molecule has 0 bridgehead atoms. The van der Waals surface area contributed by atoms with Crippen molar-refractivity contribution in [3.63, 3.8) is 0 Å². The molecule has 12 nitrogen and oxygen atoms in total. The number of aliphatic hydroxyl groups is 1. The first-order valence-corrected chi connectivity index (χ1v) is 5.45. The Morgan fingerprint density at radius 1 is 0.958 bits per heavy atom. The molecule has 0 radical (unpaired) electrons. The zero-order valence-corrected chi connectivity index (χ0v) is 27.3. The van der Waals surface area contributed by atoms with E-state index in [4.69, 9.17) is 20.0 Å². The van der Waals surface area contributed by atoms with Crippen LogP contribution in [0.25, 0.3) is 0 Å². The van der Waals surface area contributed by atoms with Crippen molar-refractivity contribution in [1.82, 2.24) is 0 Å². The molecule has 0 aliphatic carbocycles. The average Bonchev–Trinajstić information content (AvgIpc) is 1.96. The van der Waals surface area contributed by atoms with Crippen LogP contribution < -0.4 is 191 Å². The van der Waals surface area contributed by atoms with Gasteiger partial charge < -0.3 is 37.9 Å². The van der Waals surface area contributed by atoms with Gasteiger partial charge in [-0.15, -0.1) is 0 Å². The summed E-state index contributed by atoms with van der Waals surface area (Å²) in [5.74, 6) is -5.47. The molecule has 0 aliphatic heterocycles. The first kappa shape index (κ1) is 51.4. The first-order chi connectivity index (χ1) is 7.46. The molecule has 0 saturated carbocycles. The van der Waals surface area contributed by atoms with Gasteiger partial charge in [-0.25, -0.2) is 9.36 Å². The molecular formula is C6H18K2Na3O12P. The molecule has 0 aromatic carbocycles. The van der Waals surface area contributed by atoms with E-state index < -0.39 is 44.2 Å². The molecule has 1 unspecified atom stereocenters. The fourth-order valence-electron chi connectivity index (χ4n) is 0.868. The second kappa shape index (κ2) is 24.0. The molecule has 18 heteroatoms. The Hall–Kier alpha value is 4.71. The number of rotatable bonds is 6. The van der Waals surface area contributed by atoms with E-state index in [0.29, 0.717) is 0 Å². The summed E-state index contributed by atoms with van der Waals surface area (Å²) in [6.45, 7) is 0. The number of hydrogen-bond donors (Lipinski definition) is 5. The van der Waals surface area contributed by atoms with Crippen molar-refractivity contribution in [1.29, 1.82) is 0 Å². The Labute approximate surface area is 295 Å². The molecular weight excluding hydrogens is 442 g/mol. The van der Waals surface area contributed by atoms with Gasteiger partial charge >= 0.3 is 217 Å². The SMILES string of the molecule is O.O.O=C(O)CC(O)(CC(=O)OP(=O)(O)O)C(=O)O.[H-].[H-].[H-].[H-].[H-].[K+].[K+].[Na+].[Na+].[Na+]. The zero-order chi connectivity index (χ0) is 13.9. The zero-order valence-electron chi connectivity index (χ0n) is 19.1. The van der Waals surface area contributed by atoms with Crippen LogP contribution in [-0.4, -0.2) is 59.6 Å². The number of phosphoric ester groups is 1. The molecule has 0 aromatic heterocycles.